The normalized spacial score (nSPS) is 17.1. The van der Waals surface area contributed by atoms with Crippen LogP contribution in [0, 0.1) is 5.92 Å². The highest BCUT2D eigenvalue weighted by Gasteiger charge is 2.32. The summed E-state index contributed by atoms with van der Waals surface area (Å²) in [6.45, 7) is 0.158. The van der Waals surface area contributed by atoms with E-state index < -0.39 is 12.0 Å². The van der Waals surface area contributed by atoms with Crippen molar-refractivity contribution >= 4 is 11.8 Å². The molecule has 19 heavy (non-hydrogen) atoms. The third-order valence-corrected chi connectivity index (χ3v) is 3.54. The number of esters is 1. The molecule has 0 aromatic heterocycles. The molecule has 1 aromatic carbocycles. The molecular weight excluding hydrogens is 242 g/mol. The van der Waals surface area contributed by atoms with Crippen LogP contribution in [-0.4, -0.2) is 17.8 Å². The van der Waals surface area contributed by atoms with E-state index in [4.69, 9.17) is 10.5 Å². The highest BCUT2D eigenvalue weighted by Crippen LogP contribution is 2.26. The van der Waals surface area contributed by atoms with Crippen LogP contribution in [0.5, 0.6) is 0 Å². The van der Waals surface area contributed by atoms with E-state index in [0.717, 1.165) is 31.2 Å². The molecular formula is C15H19NO3. The van der Waals surface area contributed by atoms with E-state index in [1.54, 1.807) is 0 Å². The maximum Gasteiger partial charge on any atom is 0.331 e. The molecule has 1 aliphatic rings. The van der Waals surface area contributed by atoms with Crippen LogP contribution in [0.3, 0.4) is 0 Å². The smallest absolute Gasteiger partial charge is 0.331 e. The first-order valence-corrected chi connectivity index (χ1v) is 6.68. The lowest BCUT2D eigenvalue weighted by Crippen LogP contribution is -2.42. The first-order chi connectivity index (χ1) is 9.18. The third-order valence-electron chi connectivity index (χ3n) is 3.54. The van der Waals surface area contributed by atoms with Gasteiger partial charge >= 0.3 is 5.97 Å². The standard InChI is InChI=1S/C15H19NO3/c16-13(14(17)12-8-4-5-9-12)15(18)19-10-11-6-2-1-3-7-11/h1-3,6-7,12-13H,4-5,8-10,16H2. The SMILES string of the molecule is NC(C(=O)OCc1ccccc1)C(=O)C1CCCC1. The molecule has 0 amide bonds. The van der Waals surface area contributed by atoms with E-state index in [9.17, 15) is 9.59 Å². The van der Waals surface area contributed by atoms with Crippen LogP contribution in [0.2, 0.25) is 0 Å². The molecule has 102 valence electrons. The Hall–Kier alpha value is -1.68. The quantitative estimate of drug-likeness (QED) is 0.648. The number of rotatable bonds is 5. The number of Topliss-reactive ketones (excluding diaryl/α,β-unsaturated/α-hetero) is 1. The van der Waals surface area contributed by atoms with E-state index in [1.807, 2.05) is 30.3 Å². The lowest BCUT2D eigenvalue weighted by Gasteiger charge is -2.14. The monoisotopic (exact) mass is 261 g/mol. The zero-order valence-electron chi connectivity index (χ0n) is 10.9. The first kappa shape index (κ1) is 13.7. The number of ketones is 1. The van der Waals surface area contributed by atoms with Gasteiger partial charge in [-0.1, -0.05) is 43.2 Å². The summed E-state index contributed by atoms with van der Waals surface area (Å²) in [6, 6.07) is 8.21. The molecule has 0 spiro atoms. The van der Waals surface area contributed by atoms with Crippen LogP contribution in [0.15, 0.2) is 30.3 Å². The van der Waals surface area contributed by atoms with Gasteiger partial charge in [-0.15, -0.1) is 0 Å². The minimum absolute atomic E-state index is 0.0562. The zero-order chi connectivity index (χ0) is 13.7. The average molecular weight is 261 g/mol. The third kappa shape index (κ3) is 3.64. The second-order valence-corrected chi connectivity index (χ2v) is 4.95. The van der Waals surface area contributed by atoms with Gasteiger partial charge in [-0.05, 0) is 18.4 Å². The van der Waals surface area contributed by atoms with E-state index in [1.165, 1.54) is 0 Å². The minimum Gasteiger partial charge on any atom is -0.459 e. The van der Waals surface area contributed by atoms with Gasteiger partial charge in [-0.3, -0.25) is 4.79 Å². The molecule has 1 saturated carbocycles. The topological polar surface area (TPSA) is 69.4 Å². The van der Waals surface area contributed by atoms with E-state index in [0.29, 0.717) is 0 Å². The molecule has 1 unspecified atom stereocenters. The van der Waals surface area contributed by atoms with E-state index >= 15 is 0 Å². The highest BCUT2D eigenvalue weighted by atomic mass is 16.5. The lowest BCUT2D eigenvalue weighted by atomic mass is 9.97. The van der Waals surface area contributed by atoms with Gasteiger partial charge in [0.05, 0.1) is 0 Å². The van der Waals surface area contributed by atoms with Crippen molar-refractivity contribution in [2.45, 2.75) is 38.3 Å². The fourth-order valence-electron chi connectivity index (χ4n) is 2.40. The Morgan fingerprint density at radius 2 is 1.84 bits per heavy atom. The number of carbonyl (C=O) groups excluding carboxylic acids is 2. The summed E-state index contributed by atoms with van der Waals surface area (Å²) in [5, 5.41) is 0. The van der Waals surface area contributed by atoms with Gasteiger partial charge in [0.2, 0.25) is 0 Å². The summed E-state index contributed by atoms with van der Waals surface area (Å²) in [5.41, 5.74) is 6.57. The van der Waals surface area contributed by atoms with Crippen molar-refractivity contribution in [2.75, 3.05) is 0 Å². The zero-order valence-corrected chi connectivity index (χ0v) is 10.9. The number of nitrogens with two attached hydrogens (primary N) is 1. The van der Waals surface area contributed by atoms with Gasteiger partial charge in [-0.2, -0.15) is 0 Å². The Balaban J connectivity index is 1.83. The van der Waals surface area contributed by atoms with Gasteiger partial charge in [-0.25, -0.2) is 4.79 Å². The Labute approximate surface area is 112 Å². The predicted molar refractivity (Wildman–Crippen MR) is 71.2 cm³/mol. The van der Waals surface area contributed by atoms with Crippen molar-refractivity contribution in [1.29, 1.82) is 0 Å². The largest absolute Gasteiger partial charge is 0.459 e. The number of hydrogen-bond acceptors (Lipinski definition) is 4. The molecule has 0 saturated heterocycles. The Morgan fingerprint density at radius 3 is 2.47 bits per heavy atom. The minimum atomic E-state index is -1.13. The molecule has 2 N–H and O–H groups in total. The van der Waals surface area contributed by atoms with Gasteiger partial charge in [0.15, 0.2) is 11.8 Å². The van der Waals surface area contributed by atoms with Crippen molar-refractivity contribution in [2.24, 2.45) is 11.7 Å². The molecule has 4 heteroatoms. The fourth-order valence-corrected chi connectivity index (χ4v) is 2.40. The fraction of sp³-hybridized carbons (Fsp3) is 0.467. The molecule has 1 aromatic rings. The van der Waals surface area contributed by atoms with Gasteiger partial charge in [0, 0.05) is 5.92 Å². The van der Waals surface area contributed by atoms with Crippen LogP contribution < -0.4 is 5.73 Å². The Morgan fingerprint density at radius 1 is 1.21 bits per heavy atom. The van der Waals surface area contributed by atoms with Crippen LogP contribution in [-0.2, 0) is 20.9 Å². The van der Waals surface area contributed by atoms with Gasteiger partial charge < -0.3 is 10.5 Å². The van der Waals surface area contributed by atoms with Crippen molar-refractivity contribution in [3.8, 4) is 0 Å². The molecule has 0 radical (unpaired) electrons. The molecule has 1 fully saturated rings. The first-order valence-electron chi connectivity index (χ1n) is 6.68. The summed E-state index contributed by atoms with van der Waals surface area (Å²) in [5.74, 6) is -0.851. The number of carbonyl (C=O) groups is 2. The van der Waals surface area contributed by atoms with Crippen molar-refractivity contribution in [3.63, 3.8) is 0 Å². The molecule has 4 nitrogen and oxygen atoms in total. The molecule has 1 aliphatic carbocycles. The number of benzene rings is 1. The van der Waals surface area contributed by atoms with Gasteiger partial charge in [0.1, 0.15) is 6.61 Å². The Kier molecular flexibility index (Phi) is 4.68. The molecule has 0 bridgehead atoms. The lowest BCUT2D eigenvalue weighted by molar-refractivity contribution is -0.150. The number of ether oxygens (including phenoxy) is 1. The van der Waals surface area contributed by atoms with Crippen LogP contribution in [0.1, 0.15) is 31.2 Å². The molecule has 1 atom stereocenters. The molecule has 0 heterocycles. The van der Waals surface area contributed by atoms with Crippen molar-refractivity contribution in [3.05, 3.63) is 35.9 Å². The van der Waals surface area contributed by atoms with E-state index in [-0.39, 0.29) is 18.3 Å². The summed E-state index contributed by atoms with van der Waals surface area (Å²) >= 11 is 0. The second-order valence-electron chi connectivity index (χ2n) is 4.95. The average Bonchev–Trinajstić information content (AvgIpc) is 2.98. The van der Waals surface area contributed by atoms with Crippen molar-refractivity contribution in [1.82, 2.24) is 0 Å². The molecule has 2 rings (SSSR count). The number of hydrogen-bond donors (Lipinski definition) is 1. The van der Waals surface area contributed by atoms with Crippen molar-refractivity contribution < 1.29 is 14.3 Å². The van der Waals surface area contributed by atoms with Gasteiger partial charge in [0.25, 0.3) is 0 Å². The summed E-state index contributed by atoms with van der Waals surface area (Å²) in [4.78, 5) is 23.7. The van der Waals surface area contributed by atoms with Crippen LogP contribution in [0.25, 0.3) is 0 Å². The van der Waals surface area contributed by atoms with Crippen LogP contribution >= 0.6 is 0 Å². The summed E-state index contributed by atoms with van der Waals surface area (Å²) in [6.07, 6.45) is 3.78. The maximum absolute atomic E-state index is 12.0. The highest BCUT2D eigenvalue weighted by molar-refractivity contribution is 6.04. The maximum atomic E-state index is 12.0. The van der Waals surface area contributed by atoms with Crippen LogP contribution in [0.4, 0.5) is 0 Å². The Bertz CT molecular complexity index is 438. The molecule has 0 aliphatic heterocycles. The summed E-state index contributed by atoms with van der Waals surface area (Å²) < 4.78 is 5.09. The summed E-state index contributed by atoms with van der Waals surface area (Å²) in [7, 11) is 0. The second kappa shape index (κ2) is 6.48. The predicted octanol–water partition coefficient (Wildman–Crippen LogP) is 1.82. The van der Waals surface area contributed by atoms with E-state index in [2.05, 4.69) is 0 Å².